The summed E-state index contributed by atoms with van der Waals surface area (Å²) >= 11 is 2.05. The van der Waals surface area contributed by atoms with Gasteiger partial charge < -0.3 is 5.32 Å². The molecule has 0 aromatic carbocycles. The lowest BCUT2D eigenvalue weighted by Crippen LogP contribution is -2.28. The van der Waals surface area contributed by atoms with E-state index in [4.69, 9.17) is 0 Å². The van der Waals surface area contributed by atoms with Gasteiger partial charge in [-0.3, -0.25) is 0 Å². The second-order valence-corrected chi connectivity index (χ2v) is 5.49. The first-order chi connectivity index (χ1) is 6.56. The van der Waals surface area contributed by atoms with Gasteiger partial charge in [0.1, 0.15) is 0 Å². The second kappa shape index (κ2) is 8.37. The number of allylic oxidation sites excluding steroid dienone is 1. The molecule has 2 heteroatoms. The molecule has 0 aliphatic carbocycles. The van der Waals surface area contributed by atoms with Gasteiger partial charge in [-0.05, 0) is 38.5 Å². The zero-order valence-corrected chi connectivity index (χ0v) is 10.9. The molecule has 0 bridgehead atoms. The van der Waals surface area contributed by atoms with Crippen molar-refractivity contribution in [3.63, 3.8) is 0 Å². The molecule has 0 aliphatic heterocycles. The van der Waals surface area contributed by atoms with E-state index >= 15 is 0 Å². The Labute approximate surface area is 93.7 Å². The fraction of sp³-hybridized carbons (Fsp3) is 0.833. The van der Waals surface area contributed by atoms with E-state index in [-0.39, 0.29) is 0 Å². The highest BCUT2D eigenvalue weighted by Gasteiger charge is 2.06. The van der Waals surface area contributed by atoms with E-state index in [2.05, 4.69) is 51.5 Å². The van der Waals surface area contributed by atoms with Crippen molar-refractivity contribution in [3.8, 4) is 0 Å². The Morgan fingerprint density at radius 2 is 2.00 bits per heavy atom. The van der Waals surface area contributed by atoms with Gasteiger partial charge in [0, 0.05) is 11.8 Å². The van der Waals surface area contributed by atoms with Crippen LogP contribution in [0.2, 0.25) is 0 Å². The van der Waals surface area contributed by atoms with Gasteiger partial charge in [0.2, 0.25) is 0 Å². The molecule has 0 spiro atoms. The largest absolute Gasteiger partial charge is 0.316 e. The van der Waals surface area contributed by atoms with Gasteiger partial charge >= 0.3 is 0 Å². The van der Waals surface area contributed by atoms with Gasteiger partial charge in [0.25, 0.3) is 0 Å². The molecule has 1 atom stereocenters. The fourth-order valence-electron chi connectivity index (χ4n) is 1.18. The van der Waals surface area contributed by atoms with E-state index in [1.165, 1.54) is 23.5 Å². The van der Waals surface area contributed by atoms with Crippen LogP contribution in [0.1, 0.15) is 33.6 Å². The number of nitrogens with one attached hydrogen (secondary N) is 1. The molecule has 0 heterocycles. The van der Waals surface area contributed by atoms with Gasteiger partial charge in [-0.2, -0.15) is 11.8 Å². The minimum Gasteiger partial charge on any atom is -0.316 e. The van der Waals surface area contributed by atoms with E-state index in [0.29, 0.717) is 6.04 Å². The first-order valence-corrected chi connectivity index (χ1v) is 6.61. The van der Waals surface area contributed by atoms with E-state index in [1.54, 1.807) is 0 Å². The van der Waals surface area contributed by atoms with Gasteiger partial charge in [-0.15, -0.1) is 6.58 Å². The Morgan fingerprint density at radius 1 is 1.36 bits per heavy atom. The van der Waals surface area contributed by atoms with E-state index < -0.39 is 0 Å². The normalized spacial score (nSPS) is 13.2. The van der Waals surface area contributed by atoms with Crippen molar-refractivity contribution in [2.24, 2.45) is 5.92 Å². The van der Waals surface area contributed by atoms with Crippen molar-refractivity contribution < 1.29 is 0 Å². The maximum atomic E-state index is 3.94. The maximum Gasteiger partial charge on any atom is 0.0158 e. The number of rotatable bonds is 8. The van der Waals surface area contributed by atoms with Crippen LogP contribution < -0.4 is 5.32 Å². The standard InChI is InChI=1S/C12H25NS/c1-10(2)6-7-12(13-5)9-14-8-11(3)4/h11-13H,1,6-9H2,2-5H3. The van der Waals surface area contributed by atoms with Crippen molar-refractivity contribution in [2.45, 2.75) is 39.7 Å². The van der Waals surface area contributed by atoms with Crippen LogP contribution in [0.15, 0.2) is 12.2 Å². The lowest BCUT2D eigenvalue weighted by molar-refractivity contribution is 0.571. The summed E-state index contributed by atoms with van der Waals surface area (Å²) in [6, 6.07) is 0.649. The predicted molar refractivity (Wildman–Crippen MR) is 69.1 cm³/mol. The van der Waals surface area contributed by atoms with E-state index in [0.717, 1.165) is 12.3 Å². The third kappa shape index (κ3) is 8.64. The van der Waals surface area contributed by atoms with E-state index in [9.17, 15) is 0 Å². The molecule has 1 unspecified atom stereocenters. The summed E-state index contributed by atoms with van der Waals surface area (Å²) < 4.78 is 0. The number of hydrogen-bond acceptors (Lipinski definition) is 2. The molecule has 0 aromatic heterocycles. The Morgan fingerprint density at radius 3 is 2.43 bits per heavy atom. The lowest BCUT2D eigenvalue weighted by Gasteiger charge is -2.16. The van der Waals surface area contributed by atoms with Crippen LogP contribution in [-0.2, 0) is 0 Å². The minimum atomic E-state index is 0.649. The Balaban J connectivity index is 3.52. The summed E-state index contributed by atoms with van der Waals surface area (Å²) in [4.78, 5) is 0. The van der Waals surface area contributed by atoms with Crippen molar-refractivity contribution in [1.82, 2.24) is 5.32 Å². The molecule has 0 aliphatic rings. The zero-order chi connectivity index (χ0) is 11.0. The second-order valence-electron chi connectivity index (χ2n) is 4.41. The highest BCUT2D eigenvalue weighted by Crippen LogP contribution is 2.13. The quantitative estimate of drug-likeness (QED) is 0.623. The smallest absolute Gasteiger partial charge is 0.0158 e. The Kier molecular flexibility index (Phi) is 8.40. The molecule has 14 heavy (non-hydrogen) atoms. The summed E-state index contributed by atoms with van der Waals surface area (Å²) in [5.74, 6) is 3.30. The monoisotopic (exact) mass is 215 g/mol. The highest BCUT2D eigenvalue weighted by molar-refractivity contribution is 7.99. The molecule has 0 fully saturated rings. The molecule has 0 saturated heterocycles. The fourth-order valence-corrected chi connectivity index (χ4v) is 2.40. The SMILES string of the molecule is C=C(C)CCC(CSCC(C)C)NC. The van der Waals surface area contributed by atoms with Gasteiger partial charge in [-0.25, -0.2) is 0 Å². The van der Waals surface area contributed by atoms with Crippen LogP contribution >= 0.6 is 11.8 Å². The highest BCUT2D eigenvalue weighted by atomic mass is 32.2. The third-order valence-electron chi connectivity index (χ3n) is 2.10. The van der Waals surface area contributed by atoms with Gasteiger partial charge in [-0.1, -0.05) is 19.4 Å². The Hall–Kier alpha value is 0.0500. The van der Waals surface area contributed by atoms with Crippen LogP contribution in [0.3, 0.4) is 0 Å². The van der Waals surface area contributed by atoms with Crippen molar-refractivity contribution in [3.05, 3.63) is 12.2 Å². The predicted octanol–water partition coefficient (Wildman–Crippen LogP) is 3.32. The minimum absolute atomic E-state index is 0.649. The number of thioether (sulfide) groups is 1. The van der Waals surface area contributed by atoms with Gasteiger partial charge in [0.05, 0.1) is 0 Å². The molecule has 84 valence electrons. The van der Waals surface area contributed by atoms with Crippen LogP contribution in [0.5, 0.6) is 0 Å². The van der Waals surface area contributed by atoms with E-state index in [1.807, 2.05) is 0 Å². The molecular weight excluding hydrogens is 190 g/mol. The van der Waals surface area contributed by atoms with Crippen LogP contribution in [-0.4, -0.2) is 24.6 Å². The molecule has 1 nitrogen and oxygen atoms in total. The van der Waals surface area contributed by atoms with Crippen molar-refractivity contribution >= 4 is 11.8 Å². The summed E-state index contributed by atoms with van der Waals surface area (Å²) in [6.45, 7) is 10.6. The molecule has 0 aromatic rings. The zero-order valence-electron chi connectivity index (χ0n) is 10.1. The average molecular weight is 215 g/mol. The average Bonchev–Trinajstić information content (AvgIpc) is 2.10. The van der Waals surface area contributed by atoms with Crippen LogP contribution in [0.25, 0.3) is 0 Å². The first-order valence-electron chi connectivity index (χ1n) is 5.45. The summed E-state index contributed by atoms with van der Waals surface area (Å²) in [7, 11) is 2.05. The maximum absolute atomic E-state index is 3.94. The summed E-state index contributed by atoms with van der Waals surface area (Å²) in [5, 5.41) is 3.37. The van der Waals surface area contributed by atoms with Gasteiger partial charge in [0.15, 0.2) is 0 Å². The first kappa shape index (κ1) is 14.1. The van der Waals surface area contributed by atoms with Crippen molar-refractivity contribution in [2.75, 3.05) is 18.6 Å². The molecule has 1 N–H and O–H groups in total. The molecule has 0 radical (unpaired) electrons. The lowest BCUT2D eigenvalue weighted by atomic mass is 10.1. The number of hydrogen-bond donors (Lipinski definition) is 1. The molecular formula is C12H25NS. The Bertz CT molecular complexity index is 154. The summed E-state index contributed by atoms with van der Waals surface area (Å²) in [5.41, 5.74) is 1.29. The molecule has 0 saturated carbocycles. The van der Waals surface area contributed by atoms with Crippen LogP contribution in [0.4, 0.5) is 0 Å². The topological polar surface area (TPSA) is 12.0 Å². The third-order valence-corrected chi connectivity index (χ3v) is 3.64. The summed E-state index contributed by atoms with van der Waals surface area (Å²) in [6.07, 6.45) is 2.37. The van der Waals surface area contributed by atoms with Crippen LogP contribution in [0, 0.1) is 5.92 Å². The van der Waals surface area contributed by atoms with Crippen molar-refractivity contribution in [1.29, 1.82) is 0 Å². The molecule has 0 rings (SSSR count). The molecule has 0 amide bonds.